The minimum atomic E-state index is 0.528. The van der Waals surface area contributed by atoms with Crippen LogP contribution in [0, 0.1) is 6.92 Å². The van der Waals surface area contributed by atoms with Gasteiger partial charge in [-0.05, 0) is 26.1 Å². The van der Waals surface area contributed by atoms with Gasteiger partial charge in [0.2, 0.25) is 0 Å². The number of nitrogens with zero attached hydrogens (tertiary/aromatic N) is 4. The zero-order valence-electron chi connectivity index (χ0n) is 12.8. The van der Waals surface area contributed by atoms with Crippen LogP contribution in [0.1, 0.15) is 11.3 Å². The van der Waals surface area contributed by atoms with Crippen LogP contribution in [0.25, 0.3) is 5.69 Å². The van der Waals surface area contributed by atoms with Crippen LogP contribution in [0.3, 0.4) is 0 Å². The van der Waals surface area contributed by atoms with Crippen molar-refractivity contribution in [3.8, 4) is 5.69 Å². The van der Waals surface area contributed by atoms with Crippen LogP contribution in [0.2, 0.25) is 0 Å². The van der Waals surface area contributed by atoms with E-state index in [9.17, 15) is 0 Å². The lowest BCUT2D eigenvalue weighted by Gasteiger charge is -2.34. The zero-order chi connectivity index (χ0) is 14.8. The average molecular weight is 285 g/mol. The molecule has 0 saturated carbocycles. The largest absolute Gasteiger partial charge is 0.354 e. The molecule has 112 valence electrons. The highest BCUT2D eigenvalue weighted by Gasteiger charge is 2.23. The van der Waals surface area contributed by atoms with E-state index < -0.39 is 0 Å². The summed E-state index contributed by atoms with van der Waals surface area (Å²) < 4.78 is 2.04. The number of likely N-dealkylation sites (N-methyl/N-ethyl adjacent to an activating group) is 1. The van der Waals surface area contributed by atoms with Crippen molar-refractivity contribution in [1.82, 2.24) is 14.7 Å². The summed E-state index contributed by atoms with van der Waals surface area (Å²) in [6, 6.07) is 10.3. The summed E-state index contributed by atoms with van der Waals surface area (Å²) in [6.07, 6.45) is 0. The normalized spacial score (nSPS) is 16.4. The SMILES string of the molecule is Cc1nn(-c2ccccc2)c(N2CCN(C)CC2)c1CN. The van der Waals surface area contributed by atoms with Gasteiger partial charge in [-0.3, -0.25) is 0 Å². The van der Waals surface area contributed by atoms with E-state index in [-0.39, 0.29) is 0 Å². The molecule has 1 saturated heterocycles. The molecule has 5 heteroatoms. The number of para-hydroxylation sites is 1. The van der Waals surface area contributed by atoms with E-state index in [1.54, 1.807) is 0 Å². The zero-order valence-corrected chi connectivity index (χ0v) is 12.8. The fourth-order valence-corrected chi connectivity index (χ4v) is 2.88. The molecule has 0 atom stereocenters. The van der Waals surface area contributed by atoms with E-state index in [2.05, 4.69) is 29.0 Å². The van der Waals surface area contributed by atoms with Crippen molar-refractivity contribution in [2.45, 2.75) is 13.5 Å². The molecule has 2 N–H and O–H groups in total. The predicted molar refractivity (Wildman–Crippen MR) is 85.9 cm³/mol. The summed E-state index contributed by atoms with van der Waals surface area (Å²) in [7, 11) is 2.17. The summed E-state index contributed by atoms with van der Waals surface area (Å²) in [5.41, 5.74) is 9.26. The molecule has 1 aromatic heterocycles. The van der Waals surface area contributed by atoms with Crippen molar-refractivity contribution < 1.29 is 0 Å². The summed E-state index contributed by atoms with van der Waals surface area (Å²) in [4.78, 5) is 4.77. The predicted octanol–water partition coefficient (Wildman–Crippen LogP) is 1.39. The van der Waals surface area contributed by atoms with Gasteiger partial charge in [0, 0.05) is 38.3 Å². The van der Waals surface area contributed by atoms with Gasteiger partial charge < -0.3 is 15.5 Å². The van der Waals surface area contributed by atoms with Crippen LogP contribution in [0.15, 0.2) is 30.3 Å². The Morgan fingerprint density at radius 3 is 2.38 bits per heavy atom. The highest BCUT2D eigenvalue weighted by atomic mass is 15.4. The van der Waals surface area contributed by atoms with E-state index in [1.807, 2.05) is 29.8 Å². The molecule has 0 spiro atoms. The highest BCUT2D eigenvalue weighted by Crippen LogP contribution is 2.27. The molecule has 0 aliphatic carbocycles. The Balaban J connectivity index is 2.05. The van der Waals surface area contributed by atoms with Crippen LogP contribution in [-0.4, -0.2) is 47.9 Å². The van der Waals surface area contributed by atoms with E-state index >= 15 is 0 Å². The van der Waals surface area contributed by atoms with Gasteiger partial charge in [0.25, 0.3) is 0 Å². The second-order valence-corrected chi connectivity index (χ2v) is 5.63. The quantitative estimate of drug-likeness (QED) is 0.926. The third kappa shape index (κ3) is 2.66. The average Bonchev–Trinajstić information content (AvgIpc) is 2.85. The molecule has 0 unspecified atom stereocenters. The molecule has 1 aromatic carbocycles. The lowest BCUT2D eigenvalue weighted by molar-refractivity contribution is 0.311. The number of anilines is 1. The summed E-state index contributed by atoms with van der Waals surface area (Å²) in [5, 5.41) is 4.73. The number of benzene rings is 1. The molecule has 1 aliphatic rings. The molecule has 1 fully saturated rings. The minimum Gasteiger partial charge on any atom is -0.354 e. The Bertz CT molecular complexity index is 597. The Kier molecular flexibility index (Phi) is 3.94. The van der Waals surface area contributed by atoms with Crippen molar-refractivity contribution in [3.05, 3.63) is 41.6 Å². The summed E-state index contributed by atoms with van der Waals surface area (Å²) in [6.45, 7) is 6.75. The van der Waals surface area contributed by atoms with Gasteiger partial charge in [-0.1, -0.05) is 18.2 Å². The first-order chi connectivity index (χ1) is 10.2. The van der Waals surface area contributed by atoms with Crippen molar-refractivity contribution in [2.24, 2.45) is 5.73 Å². The number of nitrogens with two attached hydrogens (primary N) is 1. The van der Waals surface area contributed by atoms with E-state index in [0.29, 0.717) is 6.54 Å². The molecular weight excluding hydrogens is 262 g/mol. The molecule has 1 aliphatic heterocycles. The first-order valence-electron chi connectivity index (χ1n) is 7.48. The highest BCUT2D eigenvalue weighted by molar-refractivity contribution is 5.55. The topological polar surface area (TPSA) is 50.3 Å². The van der Waals surface area contributed by atoms with Crippen molar-refractivity contribution in [2.75, 3.05) is 38.1 Å². The molecule has 21 heavy (non-hydrogen) atoms. The van der Waals surface area contributed by atoms with Gasteiger partial charge in [-0.15, -0.1) is 0 Å². The molecular formula is C16H23N5. The second kappa shape index (κ2) is 5.87. The fraction of sp³-hybridized carbons (Fsp3) is 0.438. The Morgan fingerprint density at radius 1 is 1.10 bits per heavy atom. The van der Waals surface area contributed by atoms with Gasteiger partial charge in [0.15, 0.2) is 0 Å². The van der Waals surface area contributed by atoms with Crippen LogP contribution < -0.4 is 10.6 Å². The molecule has 2 heterocycles. The molecule has 0 radical (unpaired) electrons. The van der Waals surface area contributed by atoms with Crippen LogP contribution >= 0.6 is 0 Å². The van der Waals surface area contributed by atoms with Crippen molar-refractivity contribution in [1.29, 1.82) is 0 Å². The number of aromatic nitrogens is 2. The van der Waals surface area contributed by atoms with E-state index in [4.69, 9.17) is 10.8 Å². The fourth-order valence-electron chi connectivity index (χ4n) is 2.88. The summed E-state index contributed by atoms with van der Waals surface area (Å²) in [5.74, 6) is 1.16. The van der Waals surface area contributed by atoms with Crippen LogP contribution in [-0.2, 0) is 6.54 Å². The first-order valence-corrected chi connectivity index (χ1v) is 7.48. The van der Waals surface area contributed by atoms with E-state index in [1.165, 1.54) is 0 Å². The smallest absolute Gasteiger partial charge is 0.137 e. The van der Waals surface area contributed by atoms with Gasteiger partial charge >= 0.3 is 0 Å². The number of piperazine rings is 1. The monoisotopic (exact) mass is 285 g/mol. The van der Waals surface area contributed by atoms with Gasteiger partial charge in [-0.2, -0.15) is 5.10 Å². The molecule has 5 nitrogen and oxygen atoms in total. The first kappa shape index (κ1) is 14.1. The lowest BCUT2D eigenvalue weighted by Crippen LogP contribution is -2.45. The Morgan fingerprint density at radius 2 is 1.76 bits per heavy atom. The van der Waals surface area contributed by atoms with Crippen molar-refractivity contribution in [3.63, 3.8) is 0 Å². The van der Waals surface area contributed by atoms with Gasteiger partial charge in [0.05, 0.1) is 11.4 Å². The second-order valence-electron chi connectivity index (χ2n) is 5.63. The number of hydrogen-bond donors (Lipinski definition) is 1. The maximum absolute atomic E-state index is 5.99. The summed E-state index contributed by atoms with van der Waals surface area (Å²) >= 11 is 0. The molecule has 3 rings (SSSR count). The lowest BCUT2D eigenvalue weighted by atomic mass is 10.2. The standard InChI is InChI=1S/C16H23N5/c1-13-15(12-17)16(20-10-8-19(2)9-11-20)21(18-13)14-6-4-3-5-7-14/h3-7H,8-12,17H2,1-2H3. The van der Waals surface area contributed by atoms with Crippen LogP contribution in [0.4, 0.5) is 5.82 Å². The number of rotatable bonds is 3. The maximum atomic E-state index is 5.99. The molecule has 0 amide bonds. The minimum absolute atomic E-state index is 0.528. The Hall–Kier alpha value is -1.85. The van der Waals surface area contributed by atoms with E-state index in [0.717, 1.165) is 48.9 Å². The number of hydrogen-bond acceptors (Lipinski definition) is 4. The molecule has 0 bridgehead atoms. The number of aryl methyl sites for hydroxylation is 1. The molecule has 2 aromatic rings. The van der Waals surface area contributed by atoms with Gasteiger partial charge in [0.1, 0.15) is 5.82 Å². The van der Waals surface area contributed by atoms with Crippen molar-refractivity contribution >= 4 is 5.82 Å². The van der Waals surface area contributed by atoms with Gasteiger partial charge in [-0.25, -0.2) is 4.68 Å². The third-order valence-corrected chi connectivity index (χ3v) is 4.16. The van der Waals surface area contributed by atoms with Crippen LogP contribution in [0.5, 0.6) is 0 Å². The maximum Gasteiger partial charge on any atom is 0.137 e. The Labute approximate surface area is 126 Å². The third-order valence-electron chi connectivity index (χ3n) is 4.16.